The molecule has 0 amide bonds. The first-order valence-corrected chi connectivity index (χ1v) is 7.77. The Bertz CT molecular complexity index is 481. The van der Waals surface area contributed by atoms with Crippen LogP contribution in [0.15, 0.2) is 18.2 Å². The summed E-state index contributed by atoms with van der Waals surface area (Å²) in [6.45, 7) is 0. The summed E-state index contributed by atoms with van der Waals surface area (Å²) >= 11 is 0. The van der Waals surface area contributed by atoms with Crippen LogP contribution in [-0.4, -0.2) is 18.2 Å². The highest BCUT2D eigenvalue weighted by atomic mass is 16.5. The predicted octanol–water partition coefficient (Wildman–Crippen LogP) is 3.61. The number of benzene rings is 1. The lowest BCUT2D eigenvalue weighted by molar-refractivity contribution is -0.137. The first-order chi connectivity index (χ1) is 10.1. The monoisotopic (exact) mass is 291 g/mol. The van der Waals surface area contributed by atoms with Gasteiger partial charge in [-0.25, -0.2) is 0 Å². The number of rotatable bonds is 6. The second-order valence-electron chi connectivity index (χ2n) is 5.88. The third kappa shape index (κ3) is 4.21. The summed E-state index contributed by atoms with van der Waals surface area (Å²) in [5.41, 5.74) is 8.38. The molecule has 0 aliphatic heterocycles. The van der Waals surface area contributed by atoms with E-state index in [4.69, 9.17) is 15.6 Å². The van der Waals surface area contributed by atoms with Gasteiger partial charge in [-0.15, -0.1) is 0 Å². The molecule has 1 fully saturated rings. The third-order valence-corrected chi connectivity index (χ3v) is 4.40. The summed E-state index contributed by atoms with van der Waals surface area (Å²) in [6, 6.07) is 5.83. The highest BCUT2D eigenvalue weighted by molar-refractivity contribution is 5.66. The fraction of sp³-hybridized carbons (Fsp3) is 0.588. The average molecular weight is 291 g/mol. The van der Waals surface area contributed by atoms with E-state index in [9.17, 15) is 4.79 Å². The zero-order valence-electron chi connectivity index (χ0n) is 12.7. The Balaban J connectivity index is 2.17. The Morgan fingerprint density at radius 3 is 2.71 bits per heavy atom. The van der Waals surface area contributed by atoms with Crippen LogP contribution in [0.5, 0.6) is 5.75 Å². The lowest BCUT2D eigenvalue weighted by atomic mass is 9.82. The highest BCUT2D eigenvalue weighted by Crippen LogP contribution is 2.38. The average Bonchev–Trinajstić information content (AvgIpc) is 2.52. The van der Waals surface area contributed by atoms with E-state index in [1.807, 2.05) is 12.1 Å². The zero-order valence-corrected chi connectivity index (χ0v) is 12.7. The normalized spacial score (nSPS) is 17.4. The van der Waals surface area contributed by atoms with Crippen molar-refractivity contribution in [2.24, 2.45) is 5.73 Å². The van der Waals surface area contributed by atoms with Crippen molar-refractivity contribution in [3.63, 3.8) is 0 Å². The van der Waals surface area contributed by atoms with Gasteiger partial charge in [0.2, 0.25) is 0 Å². The van der Waals surface area contributed by atoms with E-state index in [1.165, 1.54) is 37.7 Å². The lowest BCUT2D eigenvalue weighted by Crippen LogP contribution is -2.14. The highest BCUT2D eigenvalue weighted by Gasteiger charge is 2.20. The third-order valence-electron chi connectivity index (χ3n) is 4.40. The van der Waals surface area contributed by atoms with Crippen LogP contribution in [0.4, 0.5) is 0 Å². The summed E-state index contributed by atoms with van der Waals surface area (Å²) in [5.74, 6) is 0.669. The van der Waals surface area contributed by atoms with E-state index in [1.54, 1.807) is 7.11 Å². The fourth-order valence-corrected chi connectivity index (χ4v) is 3.16. The molecular weight excluding hydrogens is 266 g/mol. The van der Waals surface area contributed by atoms with Gasteiger partial charge in [-0.05, 0) is 42.4 Å². The van der Waals surface area contributed by atoms with Crippen LogP contribution in [0, 0.1) is 0 Å². The van der Waals surface area contributed by atoms with Gasteiger partial charge >= 0.3 is 5.97 Å². The largest absolute Gasteiger partial charge is 0.496 e. The summed E-state index contributed by atoms with van der Waals surface area (Å²) in [6.07, 6.45) is 6.81. The predicted molar refractivity (Wildman–Crippen MR) is 82.6 cm³/mol. The van der Waals surface area contributed by atoms with Gasteiger partial charge in [-0.1, -0.05) is 31.4 Å². The second kappa shape index (κ2) is 7.46. The number of methoxy groups -OCH3 is 1. The van der Waals surface area contributed by atoms with E-state index in [2.05, 4.69) is 6.07 Å². The van der Waals surface area contributed by atoms with Gasteiger partial charge in [0, 0.05) is 12.5 Å². The van der Waals surface area contributed by atoms with Crippen molar-refractivity contribution in [1.82, 2.24) is 0 Å². The molecule has 1 aromatic rings. The van der Waals surface area contributed by atoms with Gasteiger partial charge < -0.3 is 15.6 Å². The number of carboxylic acids is 1. The summed E-state index contributed by atoms with van der Waals surface area (Å²) in [7, 11) is 1.70. The maximum Gasteiger partial charge on any atom is 0.303 e. The standard InChI is InChI=1S/C17H25NO3/c1-21-16-9-7-13(15(18)8-10-17(19)20)11-14(16)12-5-3-2-4-6-12/h7,9,11-12,15H,2-6,8,10,18H2,1H3,(H,19,20). The molecule has 1 aliphatic carbocycles. The maximum atomic E-state index is 10.7. The zero-order chi connectivity index (χ0) is 15.2. The molecule has 21 heavy (non-hydrogen) atoms. The van der Waals surface area contributed by atoms with Crippen molar-refractivity contribution in [2.45, 2.75) is 56.9 Å². The fourth-order valence-electron chi connectivity index (χ4n) is 3.16. The summed E-state index contributed by atoms with van der Waals surface area (Å²) < 4.78 is 5.50. The summed E-state index contributed by atoms with van der Waals surface area (Å²) in [5, 5.41) is 8.77. The van der Waals surface area contributed by atoms with Crippen LogP contribution in [0.3, 0.4) is 0 Å². The SMILES string of the molecule is COc1ccc(C(N)CCC(=O)O)cc1C1CCCCC1. The molecule has 0 spiro atoms. The molecule has 4 nitrogen and oxygen atoms in total. The maximum absolute atomic E-state index is 10.7. The molecule has 0 radical (unpaired) electrons. The molecular formula is C17H25NO3. The van der Waals surface area contributed by atoms with Crippen molar-refractivity contribution >= 4 is 5.97 Å². The number of ether oxygens (including phenoxy) is 1. The van der Waals surface area contributed by atoms with Crippen molar-refractivity contribution in [2.75, 3.05) is 7.11 Å². The van der Waals surface area contributed by atoms with Crippen LogP contribution in [-0.2, 0) is 4.79 Å². The van der Waals surface area contributed by atoms with Crippen molar-refractivity contribution in [3.05, 3.63) is 29.3 Å². The van der Waals surface area contributed by atoms with Gasteiger partial charge in [0.05, 0.1) is 7.11 Å². The summed E-state index contributed by atoms with van der Waals surface area (Å²) in [4.78, 5) is 10.7. The minimum absolute atomic E-state index is 0.103. The van der Waals surface area contributed by atoms with Crippen LogP contribution in [0.25, 0.3) is 0 Å². The Kier molecular flexibility index (Phi) is 5.62. The minimum Gasteiger partial charge on any atom is -0.496 e. The van der Waals surface area contributed by atoms with E-state index < -0.39 is 5.97 Å². The first-order valence-electron chi connectivity index (χ1n) is 7.77. The number of carbonyl (C=O) groups is 1. The van der Waals surface area contributed by atoms with Crippen molar-refractivity contribution in [1.29, 1.82) is 0 Å². The molecule has 0 bridgehead atoms. The molecule has 4 heteroatoms. The molecule has 0 aromatic heterocycles. The molecule has 1 saturated carbocycles. The van der Waals surface area contributed by atoms with E-state index in [0.717, 1.165) is 11.3 Å². The molecule has 1 aromatic carbocycles. The Morgan fingerprint density at radius 2 is 2.10 bits per heavy atom. The van der Waals surface area contributed by atoms with E-state index in [0.29, 0.717) is 12.3 Å². The number of hydrogen-bond donors (Lipinski definition) is 2. The number of nitrogens with two attached hydrogens (primary N) is 1. The van der Waals surface area contributed by atoms with Gasteiger partial charge in [0.15, 0.2) is 0 Å². The van der Waals surface area contributed by atoms with E-state index >= 15 is 0 Å². The molecule has 1 atom stereocenters. The minimum atomic E-state index is -0.800. The topological polar surface area (TPSA) is 72.5 Å². The number of aliphatic carboxylic acids is 1. The Labute approximate surface area is 126 Å². The van der Waals surface area contributed by atoms with Crippen LogP contribution >= 0.6 is 0 Å². The molecule has 3 N–H and O–H groups in total. The van der Waals surface area contributed by atoms with Gasteiger partial charge in [-0.3, -0.25) is 4.79 Å². The number of hydrogen-bond acceptors (Lipinski definition) is 3. The molecule has 0 heterocycles. The van der Waals surface area contributed by atoms with Gasteiger partial charge in [-0.2, -0.15) is 0 Å². The Morgan fingerprint density at radius 1 is 1.38 bits per heavy atom. The smallest absolute Gasteiger partial charge is 0.303 e. The van der Waals surface area contributed by atoms with Crippen LogP contribution in [0.1, 0.15) is 68.0 Å². The molecule has 1 unspecified atom stereocenters. The van der Waals surface area contributed by atoms with Crippen molar-refractivity contribution < 1.29 is 14.6 Å². The molecule has 0 saturated heterocycles. The van der Waals surface area contributed by atoms with Crippen LogP contribution < -0.4 is 10.5 Å². The quantitative estimate of drug-likeness (QED) is 0.839. The molecule has 1 aliphatic rings. The van der Waals surface area contributed by atoms with Crippen molar-refractivity contribution in [3.8, 4) is 5.75 Å². The van der Waals surface area contributed by atoms with Gasteiger partial charge in [0.1, 0.15) is 5.75 Å². The number of carboxylic acid groups (broad SMARTS) is 1. The van der Waals surface area contributed by atoms with E-state index in [-0.39, 0.29) is 12.5 Å². The second-order valence-corrected chi connectivity index (χ2v) is 5.88. The Hall–Kier alpha value is -1.55. The van der Waals surface area contributed by atoms with Gasteiger partial charge in [0.25, 0.3) is 0 Å². The lowest BCUT2D eigenvalue weighted by Gasteiger charge is -2.25. The molecule has 2 rings (SSSR count). The molecule has 116 valence electrons. The first kappa shape index (κ1) is 15.8. The van der Waals surface area contributed by atoms with Crippen LogP contribution in [0.2, 0.25) is 0 Å².